The van der Waals surface area contributed by atoms with Crippen LogP contribution in [-0.4, -0.2) is 43.6 Å². The van der Waals surface area contributed by atoms with Crippen molar-refractivity contribution >= 4 is 17.8 Å². The molecule has 126 valence electrons. The van der Waals surface area contributed by atoms with E-state index in [1.165, 1.54) is 7.11 Å². The molecular weight excluding hydrogens is 300 g/mol. The smallest absolute Gasteiger partial charge is 0.325 e. The van der Waals surface area contributed by atoms with Crippen LogP contribution in [0.4, 0.5) is 0 Å². The van der Waals surface area contributed by atoms with Crippen molar-refractivity contribution in [2.45, 2.75) is 26.3 Å². The second-order valence-corrected chi connectivity index (χ2v) is 5.87. The van der Waals surface area contributed by atoms with Crippen molar-refractivity contribution in [3.05, 3.63) is 29.8 Å². The molecule has 0 bridgehead atoms. The van der Waals surface area contributed by atoms with Crippen LogP contribution in [0.3, 0.4) is 0 Å². The fourth-order valence-corrected chi connectivity index (χ4v) is 1.65. The zero-order valence-corrected chi connectivity index (χ0v) is 13.8. The average molecular weight is 322 g/mol. The van der Waals surface area contributed by atoms with Crippen molar-refractivity contribution < 1.29 is 23.9 Å². The van der Waals surface area contributed by atoms with Crippen molar-refractivity contribution in [2.75, 3.05) is 20.3 Å². The van der Waals surface area contributed by atoms with Gasteiger partial charge in [-0.05, 0) is 45.0 Å². The third kappa shape index (κ3) is 7.30. The van der Waals surface area contributed by atoms with Crippen molar-refractivity contribution in [1.29, 1.82) is 0 Å². The molecule has 0 saturated heterocycles. The molecule has 7 heteroatoms. The van der Waals surface area contributed by atoms with E-state index in [0.717, 1.165) is 0 Å². The van der Waals surface area contributed by atoms with Crippen molar-refractivity contribution in [3.63, 3.8) is 0 Å². The lowest BCUT2D eigenvalue weighted by atomic mass is 10.1. The maximum absolute atomic E-state index is 11.8. The molecule has 0 aliphatic rings. The number of carbonyl (C=O) groups is 3. The highest BCUT2D eigenvalue weighted by Crippen LogP contribution is 2.10. The number of ether oxygens (including phenoxy) is 2. The molecule has 0 unspecified atom stereocenters. The van der Waals surface area contributed by atoms with Crippen LogP contribution in [-0.2, 0) is 14.3 Å². The van der Waals surface area contributed by atoms with Gasteiger partial charge in [0.25, 0.3) is 11.8 Å². The van der Waals surface area contributed by atoms with E-state index >= 15 is 0 Å². The molecule has 1 aromatic rings. The Kier molecular flexibility index (Phi) is 6.56. The van der Waals surface area contributed by atoms with Gasteiger partial charge in [0, 0.05) is 11.1 Å². The van der Waals surface area contributed by atoms with Gasteiger partial charge in [-0.25, -0.2) is 0 Å². The largest absolute Gasteiger partial charge is 0.497 e. The van der Waals surface area contributed by atoms with Gasteiger partial charge >= 0.3 is 5.97 Å². The van der Waals surface area contributed by atoms with Gasteiger partial charge in [-0.2, -0.15) is 0 Å². The highest BCUT2D eigenvalue weighted by atomic mass is 16.5. The number of nitrogens with one attached hydrogen (secondary N) is 2. The summed E-state index contributed by atoms with van der Waals surface area (Å²) in [6.45, 7) is 4.77. The van der Waals surface area contributed by atoms with E-state index in [0.29, 0.717) is 11.3 Å². The minimum Gasteiger partial charge on any atom is -0.497 e. The topological polar surface area (TPSA) is 93.7 Å². The summed E-state index contributed by atoms with van der Waals surface area (Å²) in [6.07, 6.45) is 0. The molecule has 0 saturated carbocycles. The number of rotatable bonds is 6. The van der Waals surface area contributed by atoms with Gasteiger partial charge in [-0.3, -0.25) is 14.4 Å². The third-order valence-corrected chi connectivity index (χ3v) is 2.62. The first-order valence-corrected chi connectivity index (χ1v) is 7.10. The number of benzene rings is 1. The van der Waals surface area contributed by atoms with Crippen molar-refractivity contribution in [1.82, 2.24) is 10.6 Å². The number of amides is 2. The number of methoxy groups -OCH3 is 1. The lowest BCUT2D eigenvalue weighted by Crippen LogP contribution is -2.43. The Labute approximate surface area is 135 Å². The summed E-state index contributed by atoms with van der Waals surface area (Å²) in [7, 11) is 1.53. The van der Waals surface area contributed by atoms with Gasteiger partial charge in [0.2, 0.25) is 0 Å². The van der Waals surface area contributed by atoms with Gasteiger partial charge in [-0.1, -0.05) is 0 Å². The first-order valence-electron chi connectivity index (χ1n) is 7.10. The summed E-state index contributed by atoms with van der Waals surface area (Å²) in [5, 5.41) is 5.08. The van der Waals surface area contributed by atoms with Crippen LogP contribution in [0.1, 0.15) is 31.1 Å². The Morgan fingerprint density at radius 1 is 1.09 bits per heavy atom. The van der Waals surface area contributed by atoms with Crippen LogP contribution in [0.5, 0.6) is 5.75 Å². The minimum atomic E-state index is -0.684. The highest BCUT2D eigenvalue weighted by molar-refractivity contribution is 5.96. The van der Waals surface area contributed by atoms with Gasteiger partial charge in [-0.15, -0.1) is 0 Å². The predicted octanol–water partition coefficient (Wildman–Crippen LogP) is 0.883. The van der Waals surface area contributed by atoms with Crippen LogP contribution in [0.2, 0.25) is 0 Å². The highest BCUT2D eigenvalue weighted by Gasteiger charge is 2.15. The van der Waals surface area contributed by atoms with Crippen LogP contribution in [0, 0.1) is 0 Å². The van der Waals surface area contributed by atoms with Gasteiger partial charge in [0.1, 0.15) is 12.3 Å². The summed E-state index contributed by atoms with van der Waals surface area (Å²) >= 11 is 0. The third-order valence-electron chi connectivity index (χ3n) is 2.62. The molecule has 0 fully saturated rings. The molecule has 23 heavy (non-hydrogen) atoms. The predicted molar refractivity (Wildman–Crippen MR) is 84.2 cm³/mol. The fraction of sp³-hybridized carbons (Fsp3) is 0.438. The summed E-state index contributed by atoms with van der Waals surface area (Å²) in [6, 6.07) is 6.45. The van der Waals surface area contributed by atoms with E-state index in [9.17, 15) is 14.4 Å². The molecule has 0 aliphatic heterocycles. The second kappa shape index (κ2) is 8.17. The molecule has 0 radical (unpaired) electrons. The maximum Gasteiger partial charge on any atom is 0.325 e. The number of hydrogen-bond donors (Lipinski definition) is 2. The lowest BCUT2D eigenvalue weighted by molar-refractivity contribution is -0.147. The summed E-state index contributed by atoms with van der Waals surface area (Å²) < 4.78 is 9.78. The Hall–Kier alpha value is -2.57. The Morgan fingerprint density at radius 2 is 1.70 bits per heavy atom. The molecule has 1 aromatic carbocycles. The van der Waals surface area contributed by atoms with Crippen LogP contribution in [0.25, 0.3) is 0 Å². The Morgan fingerprint density at radius 3 is 2.22 bits per heavy atom. The summed E-state index contributed by atoms with van der Waals surface area (Å²) in [5.74, 6) is -0.863. The molecule has 0 aromatic heterocycles. The fourth-order valence-electron chi connectivity index (χ4n) is 1.65. The average Bonchev–Trinajstić information content (AvgIpc) is 2.49. The summed E-state index contributed by atoms with van der Waals surface area (Å²) in [5.41, 5.74) is -0.00409. The Balaban J connectivity index is 2.35. The number of hydrogen-bond acceptors (Lipinski definition) is 5. The van der Waals surface area contributed by atoms with E-state index < -0.39 is 23.3 Å². The van der Waals surface area contributed by atoms with Crippen LogP contribution in [0.15, 0.2) is 24.3 Å². The van der Waals surface area contributed by atoms with Crippen LogP contribution >= 0.6 is 0 Å². The molecule has 0 atom stereocenters. The molecule has 1 rings (SSSR count). The molecular formula is C16H22N2O5. The van der Waals surface area contributed by atoms with Crippen LogP contribution < -0.4 is 15.4 Å². The van der Waals surface area contributed by atoms with E-state index in [1.54, 1.807) is 24.3 Å². The van der Waals surface area contributed by atoms with Gasteiger partial charge in [0.05, 0.1) is 7.11 Å². The van der Waals surface area contributed by atoms with E-state index in [-0.39, 0.29) is 13.2 Å². The molecule has 0 aliphatic carbocycles. The van der Waals surface area contributed by atoms with Gasteiger partial charge in [0.15, 0.2) is 6.61 Å². The van der Waals surface area contributed by atoms with Gasteiger partial charge < -0.3 is 20.1 Å². The normalized spacial score (nSPS) is 10.6. The number of esters is 1. The first kappa shape index (κ1) is 18.5. The maximum atomic E-state index is 11.8. The number of carbonyl (C=O) groups excluding carboxylic acids is 3. The minimum absolute atomic E-state index is 0.312. The first-order chi connectivity index (χ1) is 10.7. The SMILES string of the molecule is COc1ccc(C(=O)NCC(=O)OCC(=O)NC(C)(C)C)cc1. The molecule has 7 nitrogen and oxygen atoms in total. The molecule has 2 amide bonds. The zero-order valence-electron chi connectivity index (χ0n) is 13.8. The van der Waals surface area contributed by atoms with E-state index in [4.69, 9.17) is 9.47 Å². The standard InChI is InChI=1S/C16H22N2O5/c1-16(2,3)18-13(19)10-23-14(20)9-17-15(21)11-5-7-12(22-4)8-6-11/h5-8H,9-10H2,1-4H3,(H,17,21)(H,18,19). The summed E-state index contributed by atoms with van der Waals surface area (Å²) in [4.78, 5) is 34.8. The Bertz CT molecular complexity index is 561. The van der Waals surface area contributed by atoms with Crippen molar-refractivity contribution in [3.8, 4) is 5.75 Å². The second-order valence-electron chi connectivity index (χ2n) is 5.87. The molecule has 0 spiro atoms. The molecule has 0 heterocycles. The van der Waals surface area contributed by atoms with Crippen molar-refractivity contribution in [2.24, 2.45) is 0 Å². The molecule has 2 N–H and O–H groups in total. The van der Waals surface area contributed by atoms with E-state index in [1.807, 2.05) is 20.8 Å². The lowest BCUT2D eigenvalue weighted by Gasteiger charge is -2.20. The van der Waals surface area contributed by atoms with E-state index in [2.05, 4.69) is 10.6 Å². The zero-order chi connectivity index (χ0) is 17.5. The quantitative estimate of drug-likeness (QED) is 0.758. The monoisotopic (exact) mass is 322 g/mol.